The van der Waals surface area contributed by atoms with Gasteiger partial charge in [-0.05, 0) is 39.7 Å². The second-order valence-corrected chi connectivity index (χ2v) is 8.52. The Morgan fingerprint density at radius 3 is 2.11 bits per heavy atom. The Bertz CT molecular complexity index is 1780. The quantitative estimate of drug-likeness (QED) is 0.0899. The Labute approximate surface area is 206 Å². The van der Waals surface area contributed by atoms with Gasteiger partial charge < -0.3 is 9.84 Å². The summed E-state index contributed by atoms with van der Waals surface area (Å²) in [5.41, 5.74) is 0.0557. The van der Waals surface area contributed by atoms with Crippen LogP contribution in [-0.2, 0) is 9.53 Å². The van der Waals surface area contributed by atoms with Crippen molar-refractivity contribution in [3.8, 4) is 5.75 Å². The Hall–Kier alpha value is -4.22. The summed E-state index contributed by atoms with van der Waals surface area (Å²) in [5.74, 6) is -0.204. The monoisotopic (exact) mass is 480 g/mol. The minimum Gasteiger partial charge on any atom is -0.506 e. The maximum atomic E-state index is 13.1. The van der Waals surface area contributed by atoms with Gasteiger partial charge in [0.15, 0.2) is 5.43 Å². The van der Waals surface area contributed by atoms with Crippen molar-refractivity contribution in [2.45, 2.75) is 13.8 Å². The molecule has 6 aromatic rings. The highest BCUT2D eigenvalue weighted by Crippen LogP contribution is 2.45. The molecular weight excluding hydrogens is 456 g/mol. The molecule has 6 rings (SSSR count). The van der Waals surface area contributed by atoms with Gasteiger partial charge in [-0.2, -0.15) is 0 Å². The molecule has 0 bridgehead atoms. The highest BCUT2D eigenvalue weighted by atomic mass is 32.1. The van der Waals surface area contributed by atoms with Gasteiger partial charge in [0.25, 0.3) is 0 Å². The topological polar surface area (TPSA) is 63.6 Å². The van der Waals surface area contributed by atoms with E-state index in [-0.39, 0.29) is 11.2 Å². The molecular formula is C30H24O4S. The fourth-order valence-corrected chi connectivity index (χ4v) is 5.46. The molecule has 0 unspecified atom stereocenters. The lowest BCUT2D eigenvalue weighted by Gasteiger charge is -2.15. The lowest BCUT2D eigenvalue weighted by Crippen LogP contribution is -2.03. The number of phenols is 1. The van der Waals surface area contributed by atoms with E-state index in [9.17, 15) is 14.7 Å². The molecule has 174 valence electrons. The summed E-state index contributed by atoms with van der Waals surface area (Å²) >= 11 is 1.57. The highest BCUT2D eigenvalue weighted by Gasteiger charge is 2.18. The van der Waals surface area contributed by atoms with Crippen LogP contribution in [-0.4, -0.2) is 11.1 Å². The van der Waals surface area contributed by atoms with Gasteiger partial charge in [-0.25, -0.2) is 4.79 Å². The van der Waals surface area contributed by atoms with Gasteiger partial charge in [0.05, 0.1) is 11.0 Å². The molecule has 35 heavy (non-hydrogen) atoms. The normalized spacial score (nSPS) is 10.6. The molecule has 5 heteroatoms. The van der Waals surface area contributed by atoms with Crippen LogP contribution in [0.2, 0.25) is 0 Å². The number of ether oxygens (including phenoxy) is 1. The first-order valence-corrected chi connectivity index (χ1v) is 12.0. The van der Waals surface area contributed by atoms with Crippen molar-refractivity contribution in [1.82, 2.24) is 0 Å². The fraction of sp³-hybridized carbons (Fsp3) is 0.0667. The average Bonchev–Trinajstić information content (AvgIpc) is 2.91. The van der Waals surface area contributed by atoms with Crippen LogP contribution in [0.25, 0.3) is 52.5 Å². The summed E-state index contributed by atoms with van der Waals surface area (Å²) in [4.78, 5) is 23.1. The van der Waals surface area contributed by atoms with E-state index in [0.717, 1.165) is 59.4 Å². The van der Waals surface area contributed by atoms with Crippen LogP contribution < -0.4 is 5.43 Å². The van der Waals surface area contributed by atoms with Gasteiger partial charge in [-0.3, -0.25) is 4.79 Å². The van der Waals surface area contributed by atoms with Gasteiger partial charge in [0.2, 0.25) is 0 Å². The van der Waals surface area contributed by atoms with Crippen LogP contribution in [0.1, 0.15) is 13.8 Å². The van der Waals surface area contributed by atoms with Crippen molar-refractivity contribution >= 4 is 69.8 Å². The van der Waals surface area contributed by atoms with Crippen LogP contribution in [0.4, 0.5) is 0 Å². The van der Waals surface area contributed by atoms with Gasteiger partial charge in [0.1, 0.15) is 5.75 Å². The molecule has 0 fully saturated rings. The molecule has 0 saturated carbocycles. The summed E-state index contributed by atoms with van der Waals surface area (Å²) < 4.78 is 6.16. The van der Waals surface area contributed by atoms with Crippen molar-refractivity contribution in [3.05, 3.63) is 102 Å². The molecule has 1 aromatic heterocycles. The molecule has 0 aliphatic carbocycles. The number of rotatable bonds is 2. The Balaban J connectivity index is 0.000000280. The standard InChI is InChI=1S/C23H12O2S.C5H6O2.C2H6/c24-18-11-17-12-5-1-2-7-15(12)22(25)16-10-9-14-13-6-3-4-8-19(13)26-23(18)21(14)20(16)17;1-3-5(6)7-4-2;1-2/h1-11,24H;3-4H,1-2H2;1-2H3. The molecule has 0 radical (unpaired) electrons. The van der Waals surface area contributed by atoms with Gasteiger partial charge in [-0.15, -0.1) is 11.3 Å². The van der Waals surface area contributed by atoms with Crippen LogP contribution in [0.3, 0.4) is 0 Å². The summed E-state index contributed by atoms with van der Waals surface area (Å²) in [6.07, 6.45) is 2.13. The van der Waals surface area contributed by atoms with Crippen molar-refractivity contribution in [2.75, 3.05) is 0 Å². The summed E-state index contributed by atoms with van der Waals surface area (Å²) in [7, 11) is 0. The Kier molecular flexibility index (Phi) is 6.80. The van der Waals surface area contributed by atoms with E-state index in [1.165, 1.54) is 0 Å². The van der Waals surface area contributed by atoms with E-state index in [0.29, 0.717) is 5.39 Å². The molecule has 0 aliphatic heterocycles. The molecule has 1 heterocycles. The Morgan fingerprint density at radius 1 is 0.829 bits per heavy atom. The first kappa shape index (κ1) is 23.9. The van der Waals surface area contributed by atoms with Crippen molar-refractivity contribution in [3.63, 3.8) is 0 Å². The second kappa shape index (κ2) is 9.95. The van der Waals surface area contributed by atoms with Gasteiger partial charge in [-0.1, -0.05) is 75.5 Å². The van der Waals surface area contributed by atoms with Crippen LogP contribution >= 0.6 is 11.3 Å². The van der Waals surface area contributed by atoms with Gasteiger partial charge >= 0.3 is 5.97 Å². The summed E-state index contributed by atoms with van der Waals surface area (Å²) in [6.45, 7) is 10.3. The molecule has 0 saturated heterocycles. The Morgan fingerprint density at radius 2 is 1.46 bits per heavy atom. The van der Waals surface area contributed by atoms with Crippen molar-refractivity contribution in [1.29, 1.82) is 0 Å². The number of esters is 1. The number of benzene rings is 5. The molecule has 1 N–H and O–H groups in total. The first-order chi connectivity index (χ1) is 17.0. The van der Waals surface area contributed by atoms with Crippen molar-refractivity contribution < 1.29 is 14.6 Å². The molecule has 0 spiro atoms. The van der Waals surface area contributed by atoms with Crippen LogP contribution in [0.15, 0.2) is 97.0 Å². The zero-order valence-electron chi connectivity index (χ0n) is 19.5. The number of hydrogen-bond donors (Lipinski definition) is 1. The molecule has 4 nitrogen and oxygen atoms in total. The van der Waals surface area contributed by atoms with E-state index in [2.05, 4.69) is 30.0 Å². The highest BCUT2D eigenvalue weighted by molar-refractivity contribution is 7.25. The second-order valence-electron chi connectivity index (χ2n) is 7.46. The maximum absolute atomic E-state index is 13.1. The lowest BCUT2D eigenvalue weighted by atomic mass is 9.92. The van der Waals surface area contributed by atoms with E-state index in [4.69, 9.17) is 0 Å². The minimum atomic E-state index is -0.477. The van der Waals surface area contributed by atoms with Crippen molar-refractivity contribution in [2.24, 2.45) is 0 Å². The third kappa shape index (κ3) is 4.00. The zero-order chi connectivity index (χ0) is 25.1. The van der Waals surface area contributed by atoms with Crippen LogP contribution in [0, 0.1) is 0 Å². The smallest absolute Gasteiger partial charge is 0.334 e. The fourth-order valence-electron chi connectivity index (χ4n) is 4.33. The number of hydrogen-bond acceptors (Lipinski definition) is 5. The molecule has 0 atom stereocenters. The van der Waals surface area contributed by atoms with Gasteiger partial charge in [0, 0.05) is 32.3 Å². The largest absolute Gasteiger partial charge is 0.506 e. The molecule has 0 amide bonds. The number of fused-ring (bicyclic) bond motifs is 4. The SMILES string of the molecule is C=COC(=O)C=C.CC.O=c1c2ccccc2c2cc(O)c3sc4ccccc4c4ccc1c2c34. The zero-order valence-corrected chi connectivity index (χ0v) is 20.3. The first-order valence-electron chi connectivity index (χ1n) is 11.2. The predicted octanol–water partition coefficient (Wildman–Crippen LogP) is 7.90. The molecule has 5 aromatic carbocycles. The maximum Gasteiger partial charge on any atom is 0.334 e. The lowest BCUT2D eigenvalue weighted by molar-refractivity contribution is -0.132. The van der Waals surface area contributed by atoms with Crippen LogP contribution in [0.5, 0.6) is 5.75 Å². The van der Waals surface area contributed by atoms with E-state index in [1.807, 2.05) is 68.4 Å². The van der Waals surface area contributed by atoms with E-state index >= 15 is 0 Å². The molecule has 0 aliphatic rings. The van der Waals surface area contributed by atoms with E-state index < -0.39 is 5.97 Å². The third-order valence-corrected chi connectivity index (χ3v) is 6.87. The number of aromatic hydroxyl groups is 1. The summed E-state index contributed by atoms with van der Waals surface area (Å²) in [6, 6.07) is 21.6. The third-order valence-electron chi connectivity index (χ3n) is 5.68. The van der Waals surface area contributed by atoms with E-state index in [1.54, 1.807) is 11.3 Å². The predicted molar refractivity (Wildman–Crippen MR) is 149 cm³/mol. The minimum absolute atomic E-state index is 0.0557. The number of phenolic OH excluding ortho intramolecular Hbond substituents is 1. The average molecular weight is 481 g/mol. The number of carbonyl (C=O) groups is 1. The summed E-state index contributed by atoms with van der Waals surface area (Å²) in [5, 5.41) is 18.2. The number of carbonyl (C=O) groups excluding carboxylic acids is 1.